The van der Waals surface area contributed by atoms with E-state index in [4.69, 9.17) is 4.74 Å². The van der Waals surface area contributed by atoms with Gasteiger partial charge in [0.15, 0.2) is 0 Å². The molecule has 0 saturated carbocycles. The molecule has 7 nitrogen and oxygen atoms in total. The van der Waals surface area contributed by atoms with Gasteiger partial charge in [0, 0.05) is 19.0 Å². The summed E-state index contributed by atoms with van der Waals surface area (Å²) in [7, 11) is 0. The summed E-state index contributed by atoms with van der Waals surface area (Å²) in [6.45, 7) is 8.35. The molecule has 0 aliphatic carbocycles. The lowest BCUT2D eigenvalue weighted by molar-refractivity contribution is -0.158. The van der Waals surface area contributed by atoms with Crippen LogP contribution in [0.3, 0.4) is 0 Å². The smallest absolute Gasteiger partial charge is 0.410 e. The first-order valence-electron chi connectivity index (χ1n) is 7.30. The normalized spacial score (nSPS) is 22.2. The minimum Gasteiger partial charge on any atom is -0.460 e. The average Bonchev–Trinajstić information content (AvgIpc) is 2.36. The molecule has 2 atom stereocenters. The van der Waals surface area contributed by atoms with Gasteiger partial charge < -0.3 is 14.4 Å². The molecule has 1 fully saturated rings. The number of esters is 1. The Morgan fingerprint density at radius 2 is 1.86 bits per heavy atom. The highest BCUT2D eigenvalue weighted by Gasteiger charge is 2.42. The number of carbonyl (C=O) groups excluding carboxylic acids is 4. The van der Waals surface area contributed by atoms with Crippen LogP contribution in [-0.2, 0) is 23.9 Å². The van der Waals surface area contributed by atoms with E-state index in [2.05, 4.69) is 4.74 Å². The van der Waals surface area contributed by atoms with Crippen molar-refractivity contribution in [2.75, 3.05) is 13.2 Å². The molecule has 0 N–H and O–H groups in total. The van der Waals surface area contributed by atoms with Crippen molar-refractivity contribution in [2.24, 2.45) is 5.92 Å². The molecule has 0 aromatic heterocycles. The summed E-state index contributed by atoms with van der Waals surface area (Å²) in [5.74, 6) is -3.49. The van der Waals surface area contributed by atoms with E-state index in [0.29, 0.717) is 0 Å². The number of likely N-dealkylation sites (tertiary alicyclic amines) is 1. The first kappa shape index (κ1) is 18.1. The van der Waals surface area contributed by atoms with Gasteiger partial charge >= 0.3 is 12.1 Å². The van der Waals surface area contributed by atoms with E-state index in [0.717, 1.165) is 0 Å². The maximum atomic E-state index is 12.2. The van der Waals surface area contributed by atoms with Gasteiger partial charge in [0.25, 0.3) is 5.78 Å². The molecule has 1 rings (SSSR count). The zero-order valence-corrected chi connectivity index (χ0v) is 13.7. The second-order valence-electron chi connectivity index (χ2n) is 6.29. The zero-order chi connectivity index (χ0) is 17.1. The fraction of sp³-hybridized carbons (Fsp3) is 0.733. The molecule has 1 saturated heterocycles. The number of Topliss-reactive ketones (excluding diaryl/α,β-unsaturated/α-hetero) is 2. The molecule has 0 aromatic carbocycles. The SMILES string of the molecule is CCOC(=O)C(=O)C1CN(C(=O)OC(C)(C)C)C(C)CC1=O. The van der Waals surface area contributed by atoms with Crippen LogP contribution in [0.15, 0.2) is 0 Å². The lowest BCUT2D eigenvalue weighted by Crippen LogP contribution is -2.53. The van der Waals surface area contributed by atoms with Gasteiger partial charge in [-0.05, 0) is 34.6 Å². The van der Waals surface area contributed by atoms with Gasteiger partial charge in [-0.2, -0.15) is 0 Å². The van der Waals surface area contributed by atoms with Crippen molar-refractivity contribution in [3.05, 3.63) is 0 Å². The van der Waals surface area contributed by atoms with Crippen molar-refractivity contribution in [3.63, 3.8) is 0 Å². The van der Waals surface area contributed by atoms with E-state index in [1.54, 1.807) is 34.6 Å². The molecule has 0 aromatic rings. The fourth-order valence-corrected chi connectivity index (χ4v) is 2.17. The second kappa shape index (κ2) is 6.89. The number of ether oxygens (including phenoxy) is 2. The van der Waals surface area contributed by atoms with E-state index in [-0.39, 0.29) is 31.4 Å². The molecule has 22 heavy (non-hydrogen) atoms. The van der Waals surface area contributed by atoms with Crippen LogP contribution < -0.4 is 0 Å². The molecular weight excluding hydrogens is 290 g/mol. The molecule has 124 valence electrons. The van der Waals surface area contributed by atoms with E-state index < -0.39 is 29.4 Å². The molecule has 0 bridgehead atoms. The minimum atomic E-state index is -1.18. The molecule has 7 heteroatoms. The Hall–Kier alpha value is -1.92. The summed E-state index contributed by atoms with van der Waals surface area (Å²) in [6.07, 6.45) is -0.594. The predicted molar refractivity (Wildman–Crippen MR) is 77.2 cm³/mol. The maximum Gasteiger partial charge on any atom is 0.410 e. The number of rotatable bonds is 3. The van der Waals surface area contributed by atoms with Crippen LogP contribution in [0.1, 0.15) is 41.0 Å². The van der Waals surface area contributed by atoms with E-state index in [1.165, 1.54) is 4.90 Å². The summed E-state index contributed by atoms with van der Waals surface area (Å²) in [5.41, 5.74) is -0.682. The summed E-state index contributed by atoms with van der Waals surface area (Å²) in [6, 6.07) is -0.381. The lowest BCUT2D eigenvalue weighted by Gasteiger charge is -2.37. The van der Waals surface area contributed by atoms with Crippen LogP contribution in [0.4, 0.5) is 4.79 Å². The summed E-state index contributed by atoms with van der Waals surface area (Å²) < 4.78 is 9.90. The van der Waals surface area contributed by atoms with Gasteiger partial charge in [-0.15, -0.1) is 0 Å². The highest BCUT2D eigenvalue weighted by atomic mass is 16.6. The number of ketones is 2. The molecule has 0 spiro atoms. The van der Waals surface area contributed by atoms with E-state index >= 15 is 0 Å². The molecule has 2 unspecified atom stereocenters. The van der Waals surface area contributed by atoms with Gasteiger partial charge in [0.1, 0.15) is 17.3 Å². The number of piperidine rings is 1. The third-order valence-corrected chi connectivity index (χ3v) is 3.22. The van der Waals surface area contributed by atoms with Gasteiger partial charge in [-0.1, -0.05) is 0 Å². The monoisotopic (exact) mass is 313 g/mol. The summed E-state index contributed by atoms with van der Waals surface area (Å²) in [4.78, 5) is 49.0. The Bertz CT molecular complexity index is 479. The molecule has 1 aliphatic rings. The number of hydrogen-bond donors (Lipinski definition) is 0. The number of carbonyl (C=O) groups is 4. The molecule has 0 radical (unpaired) electrons. The van der Waals surface area contributed by atoms with Gasteiger partial charge in [-0.3, -0.25) is 9.59 Å². The molecule has 1 amide bonds. The lowest BCUT2D eigenvalue weighted by atomic mass is 9.89. The molecule has 1 heterocycles. The Balaban J connectivity index is 2.86. The van der Waals surface area contributed by atoms with Crippen LogP contribution in [0.25, 0.3) is 0 Å². The van der Waals surface area contributed by atoms with Gasteiger partial charge in [-0.25, -0.2) is 9.59 Å². The van der Waals surface area contributed by atoms with Crippen molar-refractivity contribution in [1.82, 2.24) is 4.90 Å². The van der Waals surface area contributed by atoms with E-state index in [1.807, 2.05) is 0 Å². The number of amides is 1. The van der Waals surface area contributed by atoms with Crippen LogP contribution in [0.2, 0.25) is 0 Å². The largest absolute Gasteiger partial charge is 0.460 e. The topological polar surface area (TPSA) is 90.0 Å². The number of nitrogens with zero attached hydrogens (tertiary/aromatic N) is 1. The van der Waals surface area contributed by atoms with Crippen LogP contribution in [-0.4, -0.2) is 53.3 Å². The Morgan fingerprint density at radius 3 is 2.36 bits per heavy atom. The maximum absolute atomic E-state index is 12.2. The Morgan fingerprint density at radius 1 is 1.27 bits per heavy atom. The quantitative estimate of drug-likeness (QED) is 0.443. The third-order valence-electron chi connectivity index (χ3n) is 3.22. The highest BCUT2D eigenvalue weighted by Crippen LogP contribution is 2.22. The van der Waals surface area contributed by atoms with E-state index in [9.17, 15) is 19.2 Å². The third kappa shape index (κ3) is 4.54. The summed E-state index contributed by atoms with van der Waals surface area (Å²) in [5, 5.41) is 0. The zero-order valence-electron chi connectivity index (χ0n) is 13.7. The number of hydrogen-bond acceptors (Lipinski definition) is 6. The predicted octanol–water partition coefficient (Wildman–Crippen LogP) is 1.33. The van der Waals surface area contributed by atoms with Crippen molar-refractivity contribution < 1.29 is 28.7 Å². The minimum absolute atomic E-state index is 0.00898. The Labute approximate surface area is 129 Å². The van der Waals surface area contributed by atoms with Crippen molar-refractivity contribution >= 4 is 23.6 Å². The van der Waals surface area contributed by atoms with Crippen molar-refractivity contribution in [1.29, 1.82) is 0 Å². The van der Waals surface area contributed by atoms with Gasteiger partial charge in [0.05, 0.1) is 6.61 Å². The standard InChI is InChI=1S/C15H23NO6/c1-6-21-13(19)12(18)10-8-16(9(2)7-11(10)17)14(20)22-15(3,4)5/h9-10H,6-8H2,1-5H3. The van der Waals surface area contributed by atoms with Gasteiger partial charge in [0.2, 0.25) is 0 Å². The fourth-order valence-electron chi connectivity index (χ4n) is 2.17. The molecular formula is C15H23NO6. The van der Waals surface area contributed by atoms with Crippen LogP contribution in [0, 0.1) is 5.92 Å². The van der Waals surface area contributed by atoms with Crippen molar-refractivity contribution in [2.45, 2.75) is 52.7 Å². The second-order valence-corrected chi connectivity index (χ2v) is 6.29. The van der Waals surface area contributed by atoms with Crippen molar-refractivity contribution in [3.8, 4) is 0 Å². The summed E-state index contributed by atoms with van der Waals surface area (Å²) >= 11 is 0. The average molecular weight is 313 g/mol. The Kier molecular flexibility index (Phi) is 5.68. The first-order valence-corrected chi connectivity index (χ1v) is 7.30. The highest BCUT2D eigenvalue weighted by molar-refractivity contribution is 6.38. The van der Waals surface area contributed by atoms with Crippen LogP contribution >= 0.6 is 0 Å². The molecule has 1 aliphatic heterocycles. The van der Waals surface area contributed by atoms with Crippen LogP contribution in [0.5, 0.6) is 0 Å². The first-order chi connectivity index (χ1) is 10.1.